The van der Waals surface area contributed by atoms with Crippen molar-refractivity contribution >= 4 is 5.97 Å². The molecule has 2 radical (unpaired) electrons. The van der Waals surface area contributed by atoms with Gasteiger partial charge in [-0.1, -0.05) is 30.3 Å². The van der Waals surface area contributed by atoms with Gasteiger partial charge in [-0.3, -0.25) is 4.79 Å². The number of esters is 1. The number of carbonyl (C=O) groups excluding carboxylic acids is 1. The summed E-state index contributed by atoms with van der Waals surface area (Å²) in [5, 5.41) is 0. The SMILES string of the molecule is [CH2]OCOCC(OC([CH2])=O)c1ccccc1. The largest absolute Gasteiger partial charge is 0.455 e. The van der Waals surface area contributed by atoms with Gasteiger partial charge in [0, 0.05) is 0 Å². The molecule has 16 heavy (non-hydrogen) atoms. The second kappa shape index (κ2) is 6.98. The van der Waals surface area contributed by atoms with Crippen molar-refractivity contribution in [1.82, 2.24) is 0 Å². The number of hydrogen-bond acceptors (Lipinski definition) is 4. The summed E-state index contributed by atoms with van der Waals surface area (Å²) in [6.45, 7) is 3.43. The van der Waals surface area contributed by atoms with E-state index in [2.05, 4.69) is 18.8 Å². The van der Waals surface area contributed by atoms with Gasteiger partial charge in [-0.15, -0.1) is 0 Å². The summed E-state index contributed by atoms with van der Waals surface area (Å²) >= 11 is 0. The third kappa shape index (κ3) is 4.42. The minimum atomic E-state index is -0.590. The average Bonchev–Trinajstić information content (AvgIpc) is 2.29. The van der Waals surface area contributed by atoms with Gasteiger partial charge in [0.15, 0.2) is 6.10 Å². The topological polar surface area (TPSA) is 44.8 Å². The van der Waals surface area contributed by atoms with Crippen LogP contribution in [-0.2, 0) is 19.0 Å². The summed E-state index contributed by atoms with van der Waals surface area (Å²) in [5.74, 6) is -0.590. The van der Waals surface area contributed by atoms with Gasteiger partial charge in [0.25, 0.3) is 0 Å². The van der Waals surface area contributed by atoms with Gasteiger partial charge < -0.3 is 14.2 Å². The Kier molecular flexibility index (Phi) is 5.53. The third-order valence-electron chi connectivity index (χ3n) is 1.88. The first-order valence-corrected chi connectivity index (χ1v) is 4.76. The Labute approximate surface area is 95.1 Å². The molecule has 1 rings (SSSR count). The van der Waals surface area contributed by atoms with Crippen molar-refractivity contribution in [2.45, 2.75) is 6.10 Å². The van der Waals surface area contributed by atoms with Crippen molar-refractivity contribution in [3.8, 4) is 0 Å². The highest BCUT2D eigenvalue weighted by molar-refractivity contribution is 5.74. The van der Waals surface area contributed by atoms with Crippen molar-refractivity contribution in [3.63, 3.8) is 0 Å². The molecule has 0 amide bonds. The minimum Gasteiger partial charge on any atom is -0.455 e. The molecule has 86 valence electrons. The van der Waals surface area contributed by atoms with E-state index in [1.54, 1.807) is 0 Å². The molecule has 0 heterocycles. The Hall–Kier alpha value is -1.39. The number of rotatable bonds is 6. The van der Waals surface area contributed by atoms with E-state index in [1.807, 2.05) is 30.3 Å². The molecule has 4 nitrogen and oxygen atoms in total. The number of benzene rings is 1. The molecular formula is C12H14O4. The van der Waals surface area contributed by atoms with Crippen LogP contribution in [0.25, 0.3) is 0 Å². The van der Waals surface area contributed by atoms with Gasteiger partial charge in [-0.2, -0.15) is 0 Å². The van der Waals surface area contributed by atoms with Crippen LogP contribution in [0.1, 0.15) is 11.7 Å². The molecule has 0 aliphatic carbocycles. The van der Waals surface area contributed by atoms with Crippen molar-refractivity contribution in [1.29, 1.82) is 0 Å². The molecule has 0 bridgehead atoms. The van der Waals surface area contributed by atoms with Crippen molar-refractivity contribution in [2.24, 2.45) is 0 Å². The van der Waals surface area contributed by atoms with Gasteiger partial charge in [0.05, 0.1) is 20.6 Å². The highest BCUT2D eigenvalue weighted by Gasteiger charge is 2.14. The van der Waals surface area contributed by atoms with Gasteiger partial charge in [0.1, 0.15) is 6.79 Å². The Bertz CT molecular complexity index is 310. The van der Waals surface area contributed by atoms with E-state index in [4.69, 9.17) is 9.47 Å². The summed E-state index contributed by atoms with van der Waals surface area (Å²) in [4.78, 5) is 10.8. The Morgan fingerprint density at radius 1 is 1.31 bits per heavy atom. The van der Waals surface area contributed by atoms with E-state index in [-0.39, 0.29) is 13.4 Å². The Balaban J connectivity index is 2.60. The van der Waals surface area contributed by atoms with Crippen molar-refractivity contribution in [2.75, 3.05) is 13.4 Å². The second-order valence-corrected chi connectivity index (χ2v) is 3.08. The molecule has 1 unspecified atom stereocenters. The van der Waals surface area contributed by atoms with Crippen LogP contribution in [0.5, 0.6) is 0 Å². The zero-order chi connectivity index (χ0) is 11.8. The maximum atomic E-state index is 10.8. The molecule has 0 fully saturated rings. The summed E-state index contributed by atoms with van der Waals surface area (Å²) in [6, 6.07) is 9.30. The maximum Gasteiger partial charge on any atom is 0.307 e. The monoisotopic (exact) mass is 222 g/mol. The lowest BCUT2D eigenvalue weighted by molar-refractivity contribution is -0.149. The molecule has 0 aromatic heterocycles. The van der Waals surface area contributed by atoms with Crippen LogP contribution in [-0.4, -0.2) is 19.4 Å². The summed E-state index contributed by atoms with van der Waals surface area (Å²) < 4.78 is 14.6. The molecule has 0 aliphatic rings. The molecule has 1 atom stereocenters. The molecule has 0 spiro atoms. The second-order valence-electron chi connectivity index (χ2n) is 3.08. The fourth-order valence-electron chi connectivity index (χ4n) is 1.24. The Morgan fingerprint density at radius 2 is 2.00 bits per heavy atom. The normalized spacial score (nSPS) is 12.1. The van der Waals surface area contributed by atoms with E-state index in [0.717, 1.165) is 5.56 Å². The predicted octanol–water partition coefficient (Wildman–Crippen LogP) is 1.89. The number of ether oxygens (including phenoxy) is 3. The molecule has 0 N–H and O–H groups in total. The quantitative estimate of drug-likeness (QED) is 0.419. The first kappa shape index (κ1) is 12.7. The lowest BCUT2D eigenvalue weighted by Gasteiger charge is -2.17. The fraction of sp³-hybridized carbons (Fsp3) is 0.250. The van der Waals surface area contributed by atoms with E-state index in [0.29, 0.717) is 0 Å². The summed E-state index contributed by atoms with van der Waals surface area (Å²) in [6.07, 6.45) is -0.471. The average molecular weight is 222 g/mol. The summed E-state index contributed by atoms with van der Waals surface area (Å²) in [5.41, 5.74) is 0.851. The van der Waals surface area contributed by atoms with Crippen LogP contribution in [0.3, 0.4) is 0 Å². The van der Waals surface area contributed by atoms with Gasteiger partial charge in [-0.05, 0) is 5.56 Å². The predicted molar refractivity (Wildman–Crippen MR) is 57.9 cm³/mol. The summed E-state index contributed by atoms with van der Waals surface area (Å²) in [7, 11) is 3.17. The van der Waals surface area contributed by atoms with E-state index in [9.17, 15) is 4.79 Å². The molecule has 0 saturated heterocycles. The van der Waals surface area contributed by atoms with Crippen LogP contribution >= 0.6 is 0 Å². The fourth-order valence-corrected chi connectivity index (χ4v) is 1.24. The van der Waals surface area contributed by atoms with Crippen molar-refractivity contribution < 1.29 is 19.0 Å². The van der Waals surface area contributed by atoms with E-state index in [1.165, 1.54) is 0 Å². The van der Waals surface area contributed by atoms with Gasteiger partial charge in [-0.25, -0.2) is 0 Å². The molecule has 1 aromatic carbocycles. The van der Waals surface area contributed by atoms with Crippen molar-refractivity contribution in [3.05, 3.63) is 49.9 Å². The zero-order valence-corrected chi connectivity index (χ0v) is 8.93. The highest BCUT2D eigenvalue weighted by Crippen LogP contribution is 2.17. The van der Waals surface area contributed by atoms with Crippen LogP contribution in [0.4, 0.5) is 0 Å². The molecule has 0 saturated carbocycles. The van der Waals surface area contributed by atoms with Crippen LogP contribution in [0.2, 0.25) is 0 Å². The minimum absolute atomic E-state index is 0.0536. The Morgan fingerprint density at radius 3 is 2.56 bits per heavy atom. The smallest absolute Gasteiger partial charge is 0.307 e. The molecule has 4 heteroatoms. The first-order chi connectivity index (χ1) is 7.74. The number of hydrogen-bond donors (Lipinski definition) is 0. The standard InChI is InChI=1S/C12H14O4/c1-10(13)16-12(8-15-9-14-2)11-6-4-3-5-7-11/h3-7,12H,1-2,8-9H2. The van der Waals surface area contributed by atoms with Crippen LogP contribution < -0.4 is 0 Å². The van der Waals surface area contributed by atoms with Crippen LogP contribution in [0.15, 0.2) is 30.3 Å². The lowest BCUT2D eigenvalue weighted by atomic mass is 10.1. The van der Waals surface area contributed by atoms with Gasteiger partial charge in [0.2, 0.25) is 0 Å². The number of carbonyl (C=O) groups is 1. The molecular weight excluding hydrogens is 208 g/mol. The molecule has 0 aliphatic heterocycles. The maximum absolute atomic E-state index is 10.8. The van der Waals surface area contributed by atoms with E-state index < -0.39 is 12.1 Å². The van der Waals surface area contributed by atoms with Gasteiger partial charge >= 0.3 is 5.97 Å². The lowest BCUT2D eigenvalue weighted by Crippen LogP contribution is -2.15. The first-order valence-electron chi connectivity index (χ1n) is 4.76. The molecule has 1 aromatic rings. The third-order valence-corrected chi connectivity index (χ3v) is 1.88. The highest BCUT2D eigenvalue weighted by atomic mass is 16.7. The van der Waals surface area contributed by atoms with Crippen LogP contribution in [0, 0.1) is 14.0 Å². The zero-order valence-electron chi connectivity index (χ0n) is 8.93. The van der Waals surface area contributed by atoms with E-state index >= 15 is 0 Å².